The normalized spacial score (nSPS) is 13.9. The van der Waals surface area contributed by atoms with Crippen molar-refractivity contribution in [3.05, 3.63) is 53.6 Å². The van der Waals surface area contributed by atoms with Crippen LogP contribution in [0, 0.1) is 0 Å². The molecule has 0 radical (unpaired) electrons. The van der Waals surface area contributed by atoms with E-state index in [2.05, 4.69) is 36.4 Å². The van der Waals surface area contributed by atoms with Gasteiger partial charge in [0.2, 0.25) is 0 Å². The summed E-state index contributed by atoms with van der Waals surface area (Å²) in [6.07, 6.45) is 1.75. The maximum atomic E-state index is 6.21. The first-order chi connectivity index (χ1) is 14.7. The number of ether oxygens (including phenoxy) is 4. The Balaban J connectivity index is 1.80. The van der Waals surface area contributed by atoms with Crippen LogP contribution in [0.25, 0.3) is 11.1 Å². The van der Waals surface area contributed by atoms with Crippen LogP contribution in [0.3, 0.4) is 0 Å². The molecule has 0 spiro atoms. The third-order valence-corrected chi connectivity index (χ3v) is 5.79. The zero-order chi connectivity index (χ0) is 21.2. The summed E-state index contributed by atoms with van der Waals surface area (Å²) in [4.78, 5) is 0. The highest BCUT2D eigenvalue weighted by atomic mass is 16.5. The average Bonchev–Trinajstić information content (AvgIpc) is 3.03. The van der Waals surface area contributed by atoms with E-state index in [1.165, 1.54) is 22.3 Å². The number of benzene rings is 2. The molecule has 164 valence electrons. The molecule has 0 aromatic heterocycles. The Bertz CT molecular complexity index is 776. The Labute approximate surface area is 180 Å². The molecule has 0 unspecified atom stereocenters. The molecular weight excluding hydrogens is 378 g/mol. The van der Waals surface area contributed by atoms with E-state index in [4.69, 9.17) is 24.7 Å². The molecule has 0 saturated heterocycles. The van der Waals surface area contributed by atoms with Crippen LogP contribution in [-0.4, -0.2) is 52.9 Å². The lowest BCUT2D eigenvalue weighted by Crippen LogP contribution is -2.29. The average molecular weight is 414 g/mol. The van der Waals surface area contributed by atoms with Crippen molar-refractivity contribution in [3.63, 3.8) is 0 Å². The van der Waals surface area contributed by atoms with Crippen LogP contribution in [-0.2, 0) is 24.4 Å². The van der Waals surface area contributed by atoms with E-state index < -0.39 is 0 Å². The maximum Gasteiger partial charge on any atom is 0.0700 e. The van der Waals surface area contributed by atoms with E-state index in [0.29, 0.717) is 52.9 Å². The first-order valence-corrected chi connectivity index (χ1v) is 11.0. The summed E-state index contributed by atoms with van der Waals surface area (Å²) >= 11 is 0. The van der Waals surface area contributed by atoms with Crippen molar-refractivity contribution in [1.82, 2.24) is 0 Å². The van der Waals surface area contributed by atoms with Crippen molar-refractivity contribution in [1.29, 1.82) is 0 Å². The zero-order valence-corrected chi connectivity index (χ0v) is 18.3. The van der Waals surface area contributed by atoms with Gasteiger partial charge in [-0.15, -0.1) is 0 Å². The fourth-order valence-electron chi connectivity index (χ4n) is 4.36. The number of anilines is 1. The summed E-state index contributed by atoms with van der Waals surface area (Å²) in [6.45, 7) is 9.23. The molecule has 2 aromatic rings. The molecule has 2 N–H and O–H groups in total. The quantitative estimate of drug-likeness (QED) is 0.367. The molecule has 30 heavy (non-hydrogen) atoms. The molecule has 3 rings (SSSR count). The van der Waals surface area contributed by atoms with Crippen LogP contribution in [0.1, 0.15) is 37.8 Å². The maximum absolute atomic E-state index is 6.21. The number of hydrogen-bond donors (Lipinski definition) is 1. The summed E-state index contributed by atoms with van der Waals surface area (Å²) < 4.78 is 22.6. The van der Waals surface area contributed by atoms with Crippen molar-refractivity contribution in [2.24, 2.45) is 0 Å². The highest BCUT2D eigenvalue weighted by Gasteiger charge is 2.42. The lowest BCUT2D eigenvalue weighted by molar-refractivity contribution is 0.0356. The highest BCUT2D eigenvalue weighted by Crippen LogP contribution is 2.53. The summed E-state index contributed by atoms with van der Waals surface area (Å²) in [5.74, 6) is 0. The van der Waals surface area contributed by atoms with Gasteiger partial charge in [0, 0.05) is 37.5 Å². The van der Waals surface area contributed by atoms with Gasteiger partial charge in [-0.2, -0.15) is 0 Å². The van der Waals surface area contributed by atoms with E-state index in [0.717, 1.165) is 18.5 Å². The second-order valence-corrected chi connectivity index (χ2v) is 7.55. The Hall–Kier alpha value is -1.92. The lowest BCUT2D eigenvalue weighted by atomic mass is 9.73. The molecule has 0 aliphatic heterocycles. The summed E-state index contributed by atoms with van der Waals surface area (Å²) in [7, 11) is 0. The Kier molecular flexibility index (Phi) is 8.70. The van der Waals surface area contributed by atoms with Gasteiger partial charge in [-0.25, -0.2) is 0 Å². The molecule has 0 heterocycles. The van der Waals surface area contributed by atoms with Crippen LogP contribution in [0.4, 0.5) is 5.69 Å². The van der Waals surface area contributed by atoms with Gasteiger partial charge in [-0.3, -0.25) is 0 Å². The molecule has 0 bridgehead atoms. The highest BCUT2D eigenvalue weighted by molar-refractivity contribution is 5.82. The Morgan fingerprint density at radius 3 is 1.87 bits per heavy atom. The second-order valence-electron chi connectivity index (χ2n) is 7.55. The monoisotopic (exact) mass is 413 g/mol. The molecule has 0 atom stereocenters. The van der Waals surface area contributed by atoms with Gasteiger partial charge in [-0.05, 0) is 61.1 Å². The van der Waals surface area contributed by atoms with Crippen molar-refractivity contribution in [3.8, 4) is 11.1 Å². The minimum Gasteiger partial charge on any atom is -0.399 e. The second kappa shape index (κ2) is 11.5. The van der Waals surface area contributed by atoms with Crippen molar-refractivity contribution in [2.45, 2.75) is 32.1 Å². The topological polar surface area (TPSA) is 62.9 Å². The largest absolute Gasteiger partial charge is 0.399 e. The van der Waals surface area contributed by atoms with Gasteiger partial charge in [0.25, 0.3) is 0 Å². The van der Waals surface area contributed by atoms with Crippen LogP contribution >= 0.6 is 0 Å². The number of rotatable bonds is 14. The van der Waals surface area contributed by atoms with Crippen LogP contribution in [0.15, 0.2) is 42.5 Å². The zero-order valence-electron chi connectivity index (χ0n) is 18.3. The first kappa shape index (κ1) is 22.8. The minimum absolute atomic E-state index is 0.168. The summed E-state index contributed by atoms with van der Waals surface area (Å²) in [5, 5.41) is 0. The first-order valence-electron chi connectivity index (χ1n) is 11.0. The smallest absolute Gasteiger partial charge is 0.0700 e. The van der Waals surface area contributed by atoms with Gasteiger partial charge >= 0.3 is 0 Å². The Morgan fingerprint density at radius 2 is 1.23 bits per heavy atom. The fourth-order valence-corrected chi connectivity index (χ4v) is 4.36. The molecule has 2 aromatic carbocycles. The summed E-state index contributed by atoms with van der Waals surface area (Å²) in [6, 6.07) is 14.9. The van der Waals surface area contributed by atoms with E-state index in [1.807, 2.05) is 19.9 Å². The number of nitrogen functional groups attached to an aromatic ring is 1. The van der Waals surface area contributed by atoms with E-state index in [-0.39, 0.29) is 5.41 Å². The lowest BCUT2D eigenvalue weighted by Gasteiger charge is -2.32. The molecule has 0 fully saturated rings. The molecule has 5 nitrogen and oxygen atoms in total. The predicted molar refractivity (Wildman–Crippen MR) is 121 cm³/mol. The van der Waals surface area contributed by atoms with Gasteiger partial charge in [0.15, 0.2) is 0 Å². The van der Waals surface area contributed by atoms with Gasteiger partial charge in [0.05, 0.1) is 26.4 Å². The van der Waals surface area contributed by atoms with Gasteiger partial charge < -0.3 is 24.7 Å². The minimum atomic E-state index is -0.168. The molecule has 0 saturated carbocycles. The third-order valence-electron chi connectivity index (χ3n) is 5.79. The molecule has 1 aliphatic rings. The van der Waals surface area contributed by atoms with Crippen molar-refractivity contribution >= 4 is 5.69 Å². The fraction of sp³-hybridized carbons (Fsp3) is 0.520. The van der Waals surface area contributed by atoms with E-state index in [9.17, 15) is 0 Å². The van der Waals surface area contributed by atoms with Crippen LogP contribution in [0.5, 0.6) is 0 Å². The van der Waals surface area contributed by atoms with Crippen LogP contribution < -0.4 is 5.73 Å². The molecular formula is C25H35NO4. The molecule has 0 amide bonds. The standard InChI is InChI=1S/C25H35NO4/c1-3-27-15-17-29-13-11-25(12-14-30-18-16-28-4-2)23-8-6-5-7-21(23)22-10-9-20(26)19-24(22)25/h5-10,19H,3-4,11-18,26H2,1-2H3. The molecule has 1 aliphatic carbocycles. The van der Waals surface area contributed by atoms with E-state index in [1.54, 1.807) is 0 Å². The predicted octanol–water partition coefficient (Wildman–Crippen LogP) is 4.42. The number of nitrogens with two attached hydrogens (primary N) is 1. The van der Waals surface area contributed by atoms with Gasteiger partial charge in [-0.1, -0.05) is 30.3 Å². The van der Waals surface area contributed by atoms with Crippen LogP contribution in [0.2, 0.25) is 0 Å². The molecule has 5 heteroatoms. The SMILES string of the molecule is CCOCCOCCC1(CCOCCOCC)c2ccccc2-c2ccc(N)cc21. The number of hydrogen-bond acceptors (Lipinski definition) is 5. The van der Waals surface area contributed by atoms with Crippen molar-refractivity contribution < 1.29 is 18.9 Å². The van der Waals surface area contributed by atoms with Gasteiger partial charge in [0.1, 0.15) is 0 Å². The van der Waals surface area contributed by atoms with E-state index >= 15 is 0 Å². The number of fused-ring (bicyclic) bond motifs is 3. The Morgan fingerprint density at radius 1 is 0.667 bits per heavy atom. The van der Waals surface area contributed by atoms with Crippen molar-refractivity contribution in [2.75, 3.05) is 58.6 Å². The third kappa shape index (κ3) is 5.22. The summed E-state index contributed by atoms with van der Waals surface area (Å²) in [5.41, 5.74) is 12.0.